The molecular weight excluding hydrogens is 757 g/mol. The highest BCUT2D eigenvalue weighted by atomic mass is 31.2. The Morgan fingerprint density at radius 2 is 1.34 bits per heavy atom. The Balaban J connectivity index is 2.47. The summed E-state index contributed by atoms with van der Waals surface area (Å²) in [5.41, 5.74) is 0. The topological polar surface area (TPSA) is 152 Å². The molecule has 1 saturated carbocycles. The largest absolute Gasteiger partial charge is 0.492 e. The molecule has 12 heteroatoms. The van der Waals surface area contributed by atoms with Gasteiger partial charge in [-0.05, 0) is 76.2 Å². The maximum absolute atomic E-state index is 12.6. The zero-order chi connectivity index (χ0) is 42.9. The van der Waals surface area contributed by atoms with Crippen LogP contribution in [0, 0.1) is 11.8 Å². The highest BCUT2D eigenvalue weighted by molar-refractivity contribution is 7.47. The summed E-state index contributed by atoms with van der Waals surface area (Å²) in [5, 5.41) is 31.4. The number of rotatable bonds is 37. The number of aliphatic hydroxyl groups is 3. The van der Waals surface area contributed by atoms with E-state index in [0.717, 1.165) is 38.5 Å². The summed E-state index contributed by atoms with van der Waals surface area (Å²) < 4.78 is 34.7. The average molecular weight is 843 g/mol. The fourth-order valence-electron chi connectivity index (χ4n) is 6.82. The van der Waals surface area contributed by atoms with Gasteiger partial charge in [0, 0.05) is 18.8 Å². The maximum atomic E-state index is 12.6. The van der Waals surface area contributed by atoms with Crippen LogP contribution in [0.1, 0.15) is 155 Å². The van der Waals surface area contributed by atoms with Crippen molar-refractivity contribution in [3.8, 4) is 0 Å². The van der Waals surface area contributed by atoms with Crippen molar-refractivity contribution in [2.45, 2.75) is 180 Å². The highest BCUT2D eigenvalue weighted by Crippen LogP contribution is 2.43. The number of aliphatic hydroxyl groups excluding tert-OH is 3. The van der Waals surface area contributed by atoms with Crippen LogP contribution in [0.5, 0.6) is 0 Å². The van der Waals surface area contributed by atoms with E-state index in [1.807, 2.05) is 45.4 Å². The third-order valence-electron chi connectivity index (χ3n) is 10.5. The predicted molar refractivity (Wildman–Crippen MR) is 235 cm³/mol. The van der Waals surface area contributed by atoms with Crippen LogP contribution in [0.2, 0.25) is 0 Å². The number of carbonyl (C=O) groups excluding carboxylic acids is 1. The molecule has 1 fully saturated rings. The molecular formula is C46H85NO10P+. The first kappa shape index (κ1) is 54.2. The minimum absolute atomic E-state index is 0.0481. The number of phosphoric ester groups is 1. The van der Waals surface area contributed by atoms with Gasteiger partial charge in [-0.3, -0.25) is 13.8 Å². The summed E-state index contributed by atoms with van der Waals surface area (Å²) in [6, 6.07) is 0. The molecule has 0 heterocycles. The van der Waals surface area contributed by atoms with E-state index in [4.69, 9.17) is 18.5 Å². The van der Waals surface area contributed by atoms with Crippen molar-refractivity contribution in [1.29, 1.82) is 0 Å². The van der Waals surface area contributed by atoms with Crippen LogP contribution in [0.15, 0.2) is 48.8 Å². The second-order valence-electron chi connectivity index (χ2n) is 17.1. The fraction of sp³-hybridized carbons (Fsp3) is 0.804. The second kappa shape index (κ2) is 33.8. The molecule has 0 aromatic heterocycles. The average Bonchev–Trinajstić information content (AvgIpc) is 3.44. The molecule has 0 aromatic carbocycles. The lowest BCUT2D eigenvalue weighted by molar-refractivity contribution is -0.870. The molecule has 11 nitrogen and oxygen atoms in total. The van der Waals surface area contributed by atoms with Gasteiger partial charge in [0.2, 0.25) is 0 Å². The van der Waals surface area contributed by atoms with Crippen LogP contribution < -0.4 is 0 Å². The van der Waals surface area contributed by atoms with E-state index in [1.165, 1.54) is 64.2 Å². The Bertz CT molecular complexity index is 1190. The molecule has 4 N–H and O–H groups in total. The van der Waals surface area contributed by atoms with E-state index in [-0.39, 0.29) is 38.1 Å². The van der Waals surface area contributed by atoms with Gasteiger partial charge in [0.05, 0.1) is 52.3 Å². The van der Waals surface area contributed by atoms with Crippen LogP contribution in [0.4, 0.5) is 0 Å². The van der Waals surface area contributed by atoms with E-state index in [0.29, 0.717) is 43.1 Å². The number of carbonyl (C=O) groups is 1. The van der Waals surface area contributed by atoms with Gasteiger partial charge in [0.25, 0.3) is 0 Å². The lowest BCUT2D eigenvalue weighted by Gasteiger charge is -2.24. The second-order valence-corrected chi connectivity index (χ2v) is 18.6. The van der Waals surface area contributed by atoms with Crippen LogP contribution >= 0.6 is 7.82 Å². The molecule has 0 spiro atoms. The molecule has 7 atom stereocenters. The van der Waals surface area contributed by atoms with E-state index in [9.17, 15) is 29.6 Å². The van der Waals surface area contributed by atoms with Crippen molar-refractivity contribution in [2.75, 3.05) is 47.5 Å². The van der Waals surface area contributed by atoms with E-state index in [2.05, 4.69) is 26.0 Å². The maximum Gasteiger partial charge on any atom is 0.472 e. The van der Waals surface area contributed by atoms with Gasteiger partial charge >= 0.3 is 13.8 Å². The van der Waals surface area contributed by atoms with Crippen molar-refractivity contribution in [3.05, 3.63) is 48.8 Å². The third-order valence-corrected chi connectivity index (χ3v) is 11.5. The lowest BCUT2D eigenvalue weighted by atomic mass is 9.89. The lowest BCUT2D eigenvalue weighted by Crippen LogP contribution is -2.37. The number of unbranched alkanes of at least 4 members (excludes halogenated alkanes) is 14. The summed E-state index contributed by atoms with van der Waals surface area (Å²) in [4.78, 5) is 22.8. The van der Waals surface area contributed by atoms with Gasteiger partial charge in [-0.25, -0.2) is 4.57 Å². The first-order valence-electron chi connectivity index (χ1n) is 22.7. The molecule has 1 aliphatic carbocycles. The number of hydrogen-bond acceptors (Lipinski definition) is 9. The Morgan fingerprint density at radius 3 is 2.00 bits per heavy atom. The molecule has 0 aromatic rings. The van der Waals surface area contributed by atoms with E-state index < -0.39 is 38.2 Å². The number of quaternary nitrogens is 1. The minimum Gasteiger partial charge on any atom is -0.492 e. The molecule has 0 radical (unpaired) electrons. The first-order valence-corrected chi connectivity index (χ1v) is 24.2. The number of likely N-dealkylation sites (N-methyl/N-ethyl adjacent to an activating group) is 1. The Morgan fingerprint density at radius 1 is 0.759 bits per heavy atom. The molecule has 338 valence electrons. The van der Waals surface area contributed by atoms with Crippen LogP contribution in [-0.4, -0.2) is 103 Å². The zero-order valence-corrected chi connectivity index (χ0v) is 38.0. The summed E-state index contributed by atoms with van der Waals surface area (Å²) >= 11 is 0. The Labute approximate surface area is 353 Å². The zero-order valence-electron chi connectivity index (χ0n) is 37.1. The first-order chi connectivity index (χ1) is 27.8. The van der Waals surface area contributed by atoms with Gasteiger partial charge in [-0.2, -0.15) is 0 Å². The summed E-state index contributed by atoms with van der Waals surface area (Å²) in [5.74, 6) is -0.772. The van der Waals surface area contributed by atoms with Gasteiger partial charge in [-0.15, -0.1) is 0 Å². The Kier molecular flexibility index (Phi) is 31.6. The van der Waals surface area contributed by atoms with Crippen molar-refractivity contribution in [1.82, 2.24) is 0 Å². The van der Waals surface area contributed by atoms with Gasteiger partial charge in [-0.1, -0.05) is 115 Å². The molecule has 1 aliphatic rings. The SMILES string of the molecule is CCCCCC/C=C\CCCCCCCC/C=C/O[C@H](COC(=O)CCC/C=C/C[C@@H]1[C@@H](/C=C/[C@@H](O)CCCCC)[C@H](O)C[C@@H]1O)COP(=O)(O)OCC[N+](C)(C)C. The van der Waals surface area contributed by atoms with Crippen molar-refractivity contribution in [2.24, 2.45) is 11.8 Å². The van der Waals surface area contributed by atoms with Crippen LogP contribution in [-0.2, 0) is 27.9 Å². The van der Waals surface area contributed by atoms with Gasteiger partial charge in [0.15, 0.2) is 6.10 Å². The smallest absolute Gasteiger partial charge is 0.472 e. The van der Waals surface area contributed by atoms with E-state index >= 15 is 0 Å². The Hall–Kier alpha value is -1.82. The number of hydrogen-bond donors (Lipinski definition) is 4. The molecule has 1 rings (SSSR count). The molecule has 0 saturated heterocycles. The summed E-state index contributed by atoms with van der Waals surface area (Å²) in [7, 11) is 1.53. The van der Waals surface area contributed by atoms with E-state index in [1.54, 1.807) is 12.3 Å². The quantitative estimate of drug-likeness (QED) is 0.0119. The standard InChI is InChI=1S/C46H84NO10P/c1-6-8-10-11-12-13-14-15-16-17-18-19-20-21-24-28-35-54-41(39-57-58(52,53)56-36-34-47(3,4)5)38-55-46(51)31-27-23-22-26-30-42-43(45(50)37-44(42)49)33-32-40(48)29-25-9-7-2/h13-14,22,26,28,32-33,35,40-45,48-50H,6-12,15-21,23-25,27,29-31,34,36-39H2,1-5H3/p+1/b14-13-,26-22+,33-32+,35-28+/t40-,41+,42+,43+,44-,45+/m0/s1. The number of allylic oxidation sites excluding steroid dienone is 5. The number of ether oxygens (including phenoxy) is 2. The van der Waals surface area contributed by atoms with Crippen LogP contribution in [0.3, 0.4) is 0 Å². The monoisotopic (exact) mass is 843 g/mol. The van der Waals surface area contributed by atoms with Crippen molar-refractivity contribution >= 4 is 13.8 Å². The van der Waals surface area contributed by atoms with Crippen LogP contribution in [0.25, 0.3) is 0 Å². The van der Waals surface area contributed by atoms with Gasteiger partial charge < -0.3 is 34.2 Å². The normalized spacial score (nSPS) is 21.1. The van der Waals surface area contributed by atoms with Crippen molar-refractivity contribution in [3.63, 3.8) is 0 Å². The highest BCUT2D eigenvalue weighted by Gasteiger charge is 2.39. The number of esters is 1. The number of phosphoric acid groups is 1. The summed E-state index contributed by atoms with van der Waals surface area (Å²) in [6.45, 7) is 4.50. The van der Waals surface area contributed by atoms with Gasteiger partial charge in [0.1, 0.15) is 19.8 Å². The molecule has 1 unspecified atom stereocenters. The molecule has 0 amide bonds. The molecule has 0 aliphatic heterocycles. The number of nitrogens with zero attached hydrogens (tertiary/aromatic N) is 1. The minimum atomic E-state index is -4.33. The fourth-order valence-corrected chi connectivity index (χ4v) is 7.56. The third kappa shape index (κ3) is 30.2. The molecule has 58 heavy (non-hydrogen) atoms. The molecule has 0 bridgehead atoms. The summed E-state index contributed by atoms with van der Waals surface area (Å²) in [6.07, 6.45) is 34.8. The van der Waals surface area contributed by atoms with Crippen molar-refractivity contribution < 1.29 is 52.6 Å². The predicted octanol–water partition coefficient (Wildman–Crippen LogP) is 9.89.